The number of piperazine rings is 2. The lowest BCUT2D eigenvalue weighted by molar-refractivity contribution is -0.123. The molecule has 21 rings (SSSR count). The number of carbonyl (C=O) groups excluding carboxylic acids is 6. The lowest BCUT2D eigenvalue weighted by atomic mass is 10.0. The summed E-state index contributed by atoms with van der Waals surface area (Å²) in [4.78, 5) is 132. The number of hydrogen-bond donors (Lipinski definition) is 9. The zero-order valence-electron chi connectivity index (χ0n) is 78.0. The van der Waals surface area contributed by atoms with Crippen LogP contribution < -0.4 is 48.3 Å². The van der Waals surface area contributed by atoms with Crippen molar-refractivity contribution >= 4 is 104 Å². The van der Waals surface area contributed by atoms with Crippen molar-refractivity contribution in [2.75, 3.05) is 107 Å². The molecule has 0 aliphatic carbocycles. The van der Waals surface area contributed by atoms with Crippen molar-refractivity contribution in [3.63, 3.8) is 0 Å². The molecule has 6 amide bonds. The van der Waals surface area contributed by atoms with E-state index in [4.69, 9.17) is 4.74 Å². The van der Waals surface area contributed by atoms with Crippen LogP contribution in [0.3, 0.4) is 0 Å². The van der Waals surface area contributed by atoms with Crippen LogP contribution in [0.5, 0.6) is 0 Å². The first kappa shape index (κ1) is 92.5. The summed E-state index contributed by atoms with van der Waals surface area (Å²) >= 11 is 0. The smallest absolute Gasteiger partial charge is 0.254 e. The summed E-state index contributed by atoms with van der Waals surface area (Å²) < 4.78 is 14.9. The zero-order valence-corrected chi connectivity index (χ0v) is 78.0. The first-order chi connectivity index (χ1) is 67.6. The number of benzene rings is 6. The van der Waals surface area contributed by atoms with E-state index in [1.807, 2.05) is 252 Å². The number of H-pyrrole nitrogens is 2. The number of rotatable bonds is 24. The topological polar surface area (TPSA) is 365 Å². The van der Waals surface area contributed by atoms with Crippen LogP contribution in [-0.2, 0) is 22.6 Å². The minimum absolute atomic E-state index is 0.00699. The number of pyridine rings is 6. The van der Waals surface area contributed by atoms with Crippen LogP contribution in [0.4, 0.5) is 45.5 Å². The number of ether oxygens (including phenoxy) is 1. The van der Waals surface area contributed by atoms with E-state index in [1.54, 1.807) is 67.5 Å². The second-order valence-electron chi connectivity index (χ2n) is 34.8. The van der Waals surface area contributed by atoms with Gasteiger partial charge in [-0.1, -0.05) is 12.1 Å². The molecule has 17 aromatic rings. The summed E-state index contributed by atoms with van der Waals surface area (Å²) in [6.45, 7) is 21.3. The molecule has 33 heteroatoms. The number of nitrogens with zero attached hydrogens (tertiary/aromatic N) is 15. The van der Waals surface area contributed by atoms with Crippen molar-refractivity contribution in [3.05, 3.63) is 346 Å². The average Bonchev–Trinajstić information content (AvgIpc) is 1.66. The molecule has 0 unspecified atom stereocenters. The molecule has 4 aliphatic rings. The Morgan fingerprint density at radius 1 is 0.453 bits per heavy atom. The van der Waals surface area contributed by atoms with Gasteiger partial charge in [0.15, 0.2) is 22.6 Å². The maximum absolute atomic E-state index is 13.2. The minimum Gasteiger partial charge on any atom is -0.383 e. The molecule has 4 aliphatic heterocycles. The molecule has 0 radical (unpaired) electrons. The van der Waals surface area contributed by atoms with Crippen molar-refractivity contribution in [1.29, 1.82) is 0 Å². The van der Waals surface area contributed by atoms with Crippen LogP contribution in [0.15, 0.2) is 290 Å². The maximum atomic E-state index is 13.2. The largest absolute Gasteiger partial charge is 0.383 e. The Morgan fingerprint density at radius 2 is 0.885 bits per heavy atom. The highest BCUT2D eigenvalue weighted by Crippen LogP contribution is 2.36. The van der Waals surface area contributed by atoms with E-state index in [1.165, 1.54) is 0 Å². The van der Waals surface area contributed by atoms with Gasteiger partial charge in [0.05, 0.1) is 64.4 Å². The molecule has 0 atom stereocenters. The van der Waals surface area contributed by atoms with Crippen LogP contribution in [0.25, 0.3) is 73.3 Å². The fraction of sp³-hybridized carbons (Fsp3) is 0.217. The number of carbonyl (C=O) groups is 6. The van der Waals surface area contributed by atoms with Gasteiger partial charge in [-0.25, -0.2) is 24.6 Å². The molecule has 11 aromatic heterocycles. The Hall–Kier alpha value is -16.9. The van der Waals surface area contributed by atoms with Gasteiger partial charge in [-0.05, 0) is 251 Å². The standard InChI is InChI=1S/C30H32N6O2.C28H31N7O3.C24H18N6O.C24H25N5O3/c1-19(2)34-12-14-35(15-13-34)30(38)24-7-5-23(16-20(24)3)33-26-8-9-27(36-11-10-31-28(26)36)21-4-6-25-22(17-21)18-32-29(25)37;1-19(2)31-26(37)18-33-13-15-34(16-14-33)28(38)20-3-5-22(6-4-20)32-23-7-8-24(35-12-11-30-27(23)35)21-9-10-29-25(36)17-21;31-24-20-7-2-16(14-17(20)15-26-24)22-9-8-21(23-25-11-13-29(22)23)28-18-3-5-19(6-4-18)30-12-1-10-27-30;1-3-28(14-15-32-2)24(31)17-4-6-19(7-5-17)27-20-8-9-21(29-13-12-26-23(20)29)18-10-11-25-22(30)16-18/h4-11,16-17,19,33H,12-15,18H2,1-3H3,(H,32,37);3-12,17,19,32H,13-16,18H2,1-2H3,(H,29,36)(H,31,37);1-14,28H,15H2,(H,26,31);4-13,16,27H,3,14-15H2,1-2H3,(H,25,30). The number of aromatic nitrogens is 12. The fourth-order valence-electron chi connectivity index (χ4n) is 17.8. The number of fused-ring (bicyclic) bond motifs is 6. The highest BCUT2D eigenvalue weighted by Gasteiger charge is 2.29. The van der Waals surface area contributed by atoms with Gasteiger partial charge in [-0.2, -0.15) is 5.10 Å². The monoisotopic (exact) mass is 1860 g/mol. The summed E-state index contributed by atoms with van der Waals surface area (Å²) in [5, 5.41) is 26.6. The third-order valence-electron chi connectivity index (χ3n) is 25.0. The van der Waals surface area contributed by atoms with Gasteiger partial charge in [-0.3, -0.25) is 65.8 Å². The Labute approximate surface area is 800 Å². The predicted molar refractivity (Wildman–Crippen MR) is 539 cm³/mol. The first-order valence-electron chi connectivity index (χ1n) is 46.3. The van der Waals surface area contributed by atoms with Crippen molar-refractivity contribution in [2.24, 2.45) is 0 Å². The molecular formula is C106H106N24O9. The van der Waals surface area contributed by atoms with E-state index >= 15 is 0 Å². The third kappa shape index (κ3) is 20.8. The van der Waals surface area contributed by atoms with Gasteiger partial charge in [0.1, 0.15) is 0 Å². The number of nitrogens with one attached hydrogen (secondary N) is 9. The van der Waals surface area contributed by atoms with E-state index in [0.29, 0.717) is 82.7 Å². The van der Waals surface area contributed by atoms with Crippen molar-refractivity contribution in [3.8, 4) is 50.7 Å². The Balaban J connectivity index is 0.000000123. The van der Waals surface area contributed by atoms with Gasteiger partial charge in [-0.15, -0.1) is 0 Å². The highest BCUT2D eigenvalue weighted by atomic mass is 16.5. The SMILES string of the molecule is CC(C)NC(=O)CN1CCN(C(=O)c2ccc(Nc3ccc(-c4cc[nH]c(=O)c4)n4ccnc34)cc2)CC1.CCN(CCOC)C(=O)c1ccc(Nc2ccc(-c3cc[nH]c(=O)c3)n3ccnc23)cc1.Cc1cc(Nc2ccc(-c3ccc4c(c3)CNC4=O)n3ccnc23)ccc1C(=O)N1CCN(C(C)C)CC1.O=C1NCc2cc(-c3ccc(Nc4ccc(-n5cccn5)cc4)c4nccn34)ccc21. The van der Waals surface area contributed by atoms with Crippen LogP contribution in [0.1, 0.15) is 103 Å². The number of likely N-dealkylation sites (N-methyl/N-ethyl adjacent to an activating group) is 1. The third-order valence-corrected chi connectivity index (χ3v) is 25.0. The van der Waals surface area contributed by atoms with E-state index in [0.717, 1.165) is 178 Å². The Morgan fingerprint density at radius 3 is 1.31 bits per heavy atom. The lowest BCUT2D eigenvalue weighted by Gasteiger charge is -2.37. The summed E-state index contributed by atoms with van der Waals surface area (Å²) in [7, 11) is 1.63. The molecule has 2 saturated heterocycles. The second-order valence-corrected chi connectivity index (χ2v) is 34.8. The summed E-state index contributed by atoms with van der Waals surface area (Å²) in [6, 6.07) is 65.9. The van der Waals surface area contributed by atoms with Crippen LogP contribution >= 0.6 is 0 Å². The molecule has 2 fully saturated rings. The molecule has 9 N–H and O–H groups in total. The predicted octanol–water partition coefficient (Wildman–Crippen LogP) is 14.9. The number of methoxy groups -OCH3 is 1. The van der Waals surface area contributed by atoms with Gasteiger partial charge in [0.25, 0.3) is 29.5 Å². The van der Waals surface area contributed by atoms with Crippen LogP contribution in [0, 0.1) is 6.92 Å². The Bertz CT molecular complexity index is 7510. The second kappa shape index (κ2) is 41.5. The summed E-state index contributed by atoms with van der Waals surface area (Å²) in [5.74, 6) is 0.0572. The Kier molecular flexibility index (Phi) is 27.6. The maximum Gasteiger partial charge on any atom is 0.254 e. The normalized spacial score (nSPS) is 13.5. The molecule has 0 bridgehead atoms. The first-order valence-corrected chi connectivity index (χ1v) is 46.3. The van der Waals surface area contributed by atoms with Crippen LogP contribution in [-0.4, -0.2) is 215 Å². The molecule has 6 aromatic carbocycles. The van der Waals surface area contributed by atoms with Gasteiger partial charge >= 0.3 is 0 Å². The zero-order chi connectivity index (χ0) is 96.3. The van der Waals surface area contributed by atoms with E-state index in [-0.39, 0.29) is 52.6 Å². The lowest BCUT2D eigenvalue weighted by Crippen LogP contribution is -2.51. The van der Waals surface area contributed by atoms with Gasteiger partial charge in [0.2, 0.25) is 17.0 Å². The van der Waals surface area contributed by atoms with Crippen molar-refractivity contribution in [2.45, 2.75) is 66.7 Å². The molecule has 139 heavy (non-hydrogen) atoms. The van der Waals surface area contributed by atoms with Crippen molar-refractivity contribution < 1.29 is 33.5 Å². The number of amides is 6. The molecule has 33 nitrogen and oxygen atoms in total. The summed E-state index contributed by atoms with van der Waals surface area (Å²) in [6.07, 6.45) is 21.6. The fourth-order valence-corrected chi connectivity index (χ4v) is 17.8. The van der Waals surface area contributed by atoms with E-state index < -0.39 is 0 Å². The number of anilines is 8. The van der Waals surface area contributed by atoms with Gasteiger partial charge < -0.3 is 66.6 Å². The molecule has 704 valence electrons. The number of hydrogen-bond acceptors (Lipinski definition) is 20. The molecule has 0 saturated carbocycles. The molecule has 0 spiro atoms. The van der Waals surface area contributed by atoms with E-state index in [9.17, 15) is 38.4 Å². The average molecular weight is 1860 g/mol. The number of aryl methyl sites for hydroxylation is 1. The number of aromatic amines is 2. The van der Waals surface area contributed by atoms with Gasteiger partial charge in [0, 0.05) is 246 Å². The van der Waals surface area contributed by atoms with Crippen LogP contribution in [0.2, 0.25) is 0 Å². The minimum atomic E-state index is -0.163. The number of imidazole rings is 4. The molecule has 15 heterocycles. The quantitative estimate of drug-likeness (QED) is 0.0271. The van der Waals surface area contributed by atoms with E-state index in [2.05, 4.69) is 129 Å². The van der Waals surface area contributed by atoms with Crippen molar-refractivity contribution in [1.82, 2.24) is 97.7 Å². The summed E-state index contributed by atoms with van der Waals surface area (Å²) in [5.41, 5.74) is 24.6. The molecular weight excluding hydrogens is 1750 g/mol. The highest BCUT2D eigenvalue weighted by molar-refractivity contribution is 6.01.